The van der Waals surface area contributed by atoms with Crippen LogP contribution < -0.4 is 24.4 Å². The van der Waals surface area contributed by atoms with Crippen LogP contribution >= 0.6 is 23.4 Å². The molecule has 182 valence electrons. The summed E-state index contributed by atoms with van der Waals surface area (Å²) < 4.78 is 16.4. The van der Waals surface area contributed by atoms with Crippen molar-refractivity contribution in [2.45, 2.75) is 16.6 Å². The predicted octanol–water partition coefficient (Wildman–Crippen LogP) is 5.57. The van der Waals surface area contributed by atoms with E-state index in [0.29, 0.717) is 33.6 Å². The maximum Gasteiger partial charge on any atom is 0.244 e. The maximum absolute atomic E-state index is 13.5. The minimum absolute atomic E-state index is 0.110. The van der Waals surface area contributed by atoms with E-state index in [0.717, 1.165) is 10.5 Å². The van der Waals surface area contributed by atoms with E-state index in [1.54, 1.807) is 57.4 Å². The number of nitrogens with one attached hydrogen (secondary N) is 1. The van der Waals surface area contributed by atoms with Gasteiger partial charge in [-0.05, 0) is 54.1 Å². The number of thioether (sulfide) groups is 1. The molecule has 1 N–H and O–H groups in total. The summed E-state index contributed by atoms with van der Waals surface area (Å²) in [6.07, 6.45) is 0.187. The smallest absolute Gasteiger partial charge is 0.244 e. The van der Waals surface area contributed by atoms with E-state index in [4.69, 9.17) is 25.8 Å². The first-order valence-electron chi connectivity index (χ1n) is 10.8. The Labute approximate surface area is 213 Å². The van der Waals surface area contributed by atoms with E-state index < -0.39 is 0 Å². The van der Waals surface area contributed by atoms with Crippen LogP contribution in [0.5, 0.6) is 17.2 Å². The summed E-state index contributed by atoms with van der Waals surface area (Å²) in [6, 6.07) is 18.1. The largest absolute Gasteiger partial charge is 0.493 e. The number of amides is 2. The zero-order valence-corrected chi connectivity index (χ0v) is 21.1. The second-order valence-electron chi connectivity index (χ2n) is 7.77. The number of nitrogens with zero attached hydrogens (tertiary/aromatic N) is 1. The summed E-state index contributed by atoms with van der Waals surface area (Å²) in [7, 11) is 4.67. The Balaban J connectivity index is 1.63. The van der Waals surface area contributed by atoms with Crippen molar-refractivity contribution in [3.8, 4) is 17.2 Å². The van der Waals surface area contributed by atoms with Crippen molar-refractivity contribution < 1.29 is 23.8 Å². The molecule has 0 aromatic heterocycles. The second-order valence-corrected chi connectivity index (χ2v) is 9.45. The molecule has 3 aromatic rings. The second kappa shape index (κ2) is 10.9. The fraction of sp³-hybridized carbons (Fsp3) is 0.231. The van der Waals surface area contributed by atoms with Gasteiger partial charge in [-0.25, -0.2) is 0 Å². The Morgan fingerprint density at radius 1 is 1.03 bits per heavy atom. The van der Waals surface area contributed by atoms with Crippen molar-refractivity contribution in [3.05, 3.63) is 71.2 Å². The number of para-hydroxylation sites is 1. The van der Waals surface area contributed by atoms with E-state index >= 15 is 0 Å². The number of ether oxygens (including phenoxy) is 3. The van der Waals surface area contributed by atoms with Crippen molar-refractivity contribution in [2.75, 3.05) is 38.1 Å². The van der Waals surface area contributed by atoms with Crippen LogP contribution in [-0.2, 0) is 9.59 Å². The SMILES string of the molecule is COc1cc([C@H]2CC(=O)N(CC(=O)Nc3ccc(Cl)cc3)c3ccccc3S2)cc(OC)c1OC. The number of benzene rings is 3. The lowest BCUT2D eigenvalue weighted by molar-refractivity contribution is -0.121. The number of hydrogen-bond donors (Lipinski definition) is 1. The lowest BCUT2D eigenvalue weighted by Gasteiger charge is -2.22. The predicted molar refractivity (Wildman–Crippen MR) is 138 cm³/mol. The highest BCUT2D eigenvalue weighted by molar-refractivity contribution is 7.99. The van der Waals surface area contributed by atoms with E-state index in [1.165, 1.54) is 4.90 Å². The molecular weight excluding hydrogens is 488 g/mol. The zero-order valence-electron chi connectivity index (χ0n) is 19.5. The van der Waals surface area contributed by atoms with Crippen LogP contribution in [0.4, 0.5) is 11.4 Å². The molecular formula is C26H25ClN2O5S. The van der Waals surface area contributed by atoms with Gasteiger partial charge in [0.2, 0.25) is 17.6 Å². The monoisotopic (exact) mass is 512 g/mol. The molecule has 0 spiro atoms. The molecule has 9 heteroatoms. The number of carbonyl (C=O) groups excluding carboxylic acids is 2. The van der Waals surface area contributed by atoms with Crippen LogP contribution in [0, 0.1) is 0 Å². The van der Waals surface area contributed by atoms with Gasteiger partial charge in [-0.2, -0.15) is 0 Å². The number of methoxy groups -OCH3 is 3. The number of halogens is 1. The van der Waals surface area contributed by atoms with Gasteiger partial charge >= 0.3 is 0 Å². The van der Waals surface area contributed by atoms with Crippen molar-refractivity contribution in [3.63, 3.8) is 0 Å². The summed E-state index contributed by atoms with van der Waals surface area (Å²) in [6.45, 7) is -0.110. The molecule has 0 saturated heterocycles. The van der Waals surface area contributed by atoms with Crippen LogP contribution in [0.3, 0.4) is 0 Å². The van der Waals surface area contributed by atoms with Crippen LogP contribution in [0.15, 0.2) is 65.6 Å². The van der Waals surface area contributed by atoms with Gasteiger partial charge in [-0.15, -0.1) is 11.8 Å². The molecule has 0 saturated carbocycles. The van der Waals surface area contributed by atoms with Gasteiger partial charge < -0.3 is 24.4 Å². The van der Waals surface area contributed by atoms with E-state index in [1.807, 2.05) is 36.4 Å². The fourth-order valence-electron chi connectivity index (χ4n) is 3.90. The molecule has 1 aliphatic rings. The molecule has 2 amide bonds. The van der Waals surface area contributed by atoms with Crippen LogP contribution in [0.1, 0.15) is 17.2 Å². The summed E-state index contributed by atoms with van der Waals surface area (Å²) in [5.41, 5.74) is 2.17. The van der Waals surface area contributed by atoms with Gasteiger partial charge in [0.1, 0.15) is 6.54 Å². The minimum Gasteiger partial charge on any atom is -0.493 e. The molecule has 1 heterocycles. The Morgan fingerprint density at radius 3 is 2.31 bits per heavy atom. The molecule has 1 atom stereocenters. The topological polar surface area (TPSA) is 77.1 Å². The first-order chi connectivity index (χ1) is 16.9. The lowest BCUT2D eigenvalue weighted by Crippen LogP contribution is -2.38. The minimum atomic E-state index is -0.299. The van der Waals surface area contributed by atoms with Crippen LogP contribution in [0.2, 0.25) is 5.02 Å². The summed E-state index contributed by atoms with van der Waals surface area (Å²) in [4.78, 5) is 28.7. The Morgan fingerprint density at radius 2 is 1.69 bits per heavy atom. The summed E-state index contributed by atoms with van der Waals surface area (Å²) in [5, 5.41) is 3.19. The summed E-state index contributed by atoms with van der Waals surface area (Å²) in [5.74, 6) is 1.07. The average Bonchev–Trinajstić information content (AvgIpc) is 3.00. The third-order valence-electron chi connectivity index (χ3n) is 5.57. The van der Waals surface area contributed by atoms with E-state index in [-0.39, 0.29) is 30.0 Å². The molecule has 0 radical (unpaired) electrons. The highest BCUT2D eigenvalue weighted by Gasteiger charge is 2.31. The van der Waals surface area contributed by atoms with Crippen molar-refractivity contribution >= 4 is 46.6 Å². The molecule has 0 aliphatic carbocycles. The molecule has 0 bridgehead atoms. The quantitative estimate of drug-likeness (QED) is 0.445. The molecule has 0 unspecified atom stereocenters. The van der Waals surface area contributed by atoms with Gasteiger partial charge in [0.15, 0.2) is 11.5 Å². The number of hydrogen-bond acceptors (Lipinski definition) is 6. The lowest BCUT2D eigenvalue weighted by atomic mass is 10.1. The molecule has 1 aliphatic heterocycles. The molecule has 0 fully saturated rings. The first-order valence-corrected chi connectivity index (χ1v) is 12.1. The third-order valence-corrected chi connectivity index (χ3v) is 7.15. The third kappa shape index (κ3) is 5.49. The Hall–Kier alpha value is -3.36. The highest BCUT2D eigenvalue weighted by atomic mass is 35.5. The number of carbonyl (C=O) groups is 2. The van der Waals surface area contributed by atoms with Crippen LogP contribution in [0.25, 0.3) is 0 Å². The van der Waals surface area contributed by atoms with Gasteiger partial charge in [-0.3, -0.25) is 9.59 Å². The Bertz CT molecular complexity index is 1210. The highest BCUT2D eigenvalue weighted by Crippen LogP contribution is 2.49. The molecule has 7 nitrogen and oxygen atoms in total. The number of anilines is 2. The normalized spacial score (nSPS) is 15.1. The van der Waals surface area contributed by atoms with Gasteiger partial charge in [0.25, 0.3) is 0 Å². The van der Waals surface area contributed by atoms with Gasteiger partial charge in [0, 0.05) is 27.3 Å². The number of rotatable bonds is 7. The van der Waals surface area contributed by atoms with Gasteiger partial charge in [-0.1, -0.05) is 23.7 Å². The van der Waals surface area contributed by atoms with E-state index in [2.05, 4.69) is 5.32 Å². The van der Waals surface area contributed by atoms with Crippen LogP contribution in [-0.4, -0.2) is 39.7 Å². The summed E-state index contributed by atoms with van der Waals surface area (Å²) >= 11 is 7.49. The van der Waals surface area contributed by atoms with E-state index in [9.17, 15) is 9.59 Å². The average molecular weight is 513 g/mol. The standard InChI is InChI=1S/C26H25ClN2O5S/c1-32-20-12-16(13-21(33-2)26(20)34-3)23-14-25(31)29(19-6-4-5-7-22(19)35-23)15-24(30)28-18-10-8-17(27)9-11-18/h4-13,23H,14-15H2,1-3H3,(H,28,30)/t23-/m1/s1. The molecule has 3 aromatic carbocycles. The van der Waals surface area contributed by atoms with Crippen molar-refractivity contribution in [1.82, 2.24) is 0 Å². The number of fused-ring (bicyclic) bond motifs is 1. The zero-order chi connectivity index (χ0) is 24.9. The maximum atomic E-state index is 13.5. The van der Waals surface area contributed by atoms with Gasteiger partial charge in [0.05, 0.1) is 27.0 Å². The first kappa shape index (κ1) is 24.8. The molecule has 4 rings (SSSR count). The van der Waals surface area contributed by atoms with Crippen molar-refractivity contribution in [2.24, 2.45) is 0 Å². The van der Waals surface area contributed by atoms with Crippen molar-refractivity contribution in [1.29, 1.82) is 0 Å². The molecule has 35 heavy (non-hydrogen) atoms. The fourth-order valence-corrected chi connectivity index (χ4v) is 5.29. The Kier molecular flexibility index (Phi) is 7.73.